The zero-order chi connectivity index (χ0) is 35.6. The molecule has 0 aliphatic rings. The highest BCUT2D eigenvalue weighted by Crippen LogP contribution is 2.38. The SMILES string of the molecule is c1ccc(-c2nc(-c3ccc(-c4ccc(-n5c6ccccc6c6c7ccccc7ccc65)cc4)cc3)nc(-c3cccc4c3oc3ccccc34)n2)cc1. The summed E-state index contributed by atoms with van der Waals surface area (Å²) in [6.45, 7) is 0. The van der Waals surface area contributed by atoms with Crippen LogP contribution in [0.3, 0.4) is 0 Å². The van der Waals surface area contributed by atoms with Crippen molar-refractivity contribution in [2.75, 3.05) is 0 Å². The maximum Gasteiger partial charge on any atom is 0.167 e. The summed E-state index contributed by atoms with van der Waals surface area (Å²) >= 11 is 0. The highest BCUT2D eigenvalue weighted by molar-refractivity contribution is 6.21. The topological polar surface area (TPSA) is 56.7 Å². The van der Waals surface area contributed by atoms with Gasteiger partial charge >= 0.3 is 0 Å². The van der Waals surface area contributed by atoms with Gasteiger partial charge in [-0.3, -0.25) is 0 Å². The summed E-state index contributed by atoms with van der Waals surface area (Å²) in [7, 11) is 0. The molecule has 0 fully saturated rings. The van der Waals surface area contributed by atoms with E-state index in [1.807, 2.05) is 60.7 Å². The van der Waals surface area contributed by atoms with Crippen LogP contribution in [0.5, 0.6) is 0 Å². The van der Waals surface area contributed by atoms with Gasteiger partial charge in [0.05, 0.1) is 16.6 Å². The Balaban J connectivity index is 0.978. The number of benzene rings is 8. The zero-order valence-corrected chi connectivity index (χ0v) is 29.0. The van der Waals surface area contributed by atoms with Crippen molar-refractivity contribution in [1.29, 1.82) is 0 Å². The van der Waals surface area contributed by atoms with E-state index in [0.29, 0.717) is 17.5 Å². The molecule has 5 nitrogen and oxygen atoms in total. The summed E-state index contributed by atoms with van der Waals surface area (Å²) in [4.78, 5) is 15.0. The molecule has 0 N–H and O–H groups in total. The maximum atomic E-state index is 6.38. The van der Waals surface area contributed by atoms with Gasteiger partial charge in [-0.15, -0.1) is 0 Å². The molecule has 5 heteroatoms. The molecule has 0 unspecified atom stereocenters. The van der Waals surface area contributed by atoms with E-state index in [1.54, 1.807) is 0 Å². The molecule has 0 aliphatic heterocycles. The van der Waals surface area contributed by atoms with E-state index in [0.717, 1.165) is 55.4 Å². The Bertz CT molecular complexity index is 3200. The van der Waals surface area contributed by atoms with Crippen molar-refractivity contribution in [3.05, 3.63) is 182 Å². The Morgan fingerprint density at radius 3 is 1.76 bits per heavy atom. The fourth-order valence-corrected chi connectivity index (χ4v) is 7.90. The van der Waals surface area contributed by atoms with Crippen LogP contribution in [0.15, 0.2) is 186 Å². The Morgan fingerprint density at radius 1 is 0.370 bits per heavy atom. The van der Waals surface area contributed by atoms with Crippen molar-refractivity contribution < 1.29 is 4.42 Å². The van der Waals surface area contributed by atoms with Crippen LogP contribution in [0, 0.1) is 0 Å². The zero-order valence-electron chi connectivity index (χ0n) is 29.0. The van der Waals surface area contributed by atoms with E-state index < -0.39 is 0 Å². The smallest absolute Gasteiger partial charge is 0.167 e. The minimum atomic E-state index is 0.571. The number of hydrogen-bond donors (Lipinski definition) is 0. The number of hydrogen-bond acceptors (Lipinski definition) is 4. The number of furan rings is 1. The highest BCUT2D eigenvalue weighted by Gasteiger charge is 2.18. The summed E-state index contributed by atoms with van der Waals surface area (Å²) in [5.41, 5.74) is 10.0. The predicted molar refractivity (Wildman–Crippen MR) is 221 cm³/mol. The van der Waals surface area contributed by atoms with E-state index in [-0.39, 0.29) is 0 Å². The average Bonchev–Trinajstić information content (AvgIpc) is 3.80. The van der Waals surface area contributed by atoms with Crippen molar-refractivity contribution >= 4 is 54.5 Å². The lowest BCUT2D eigenvalue weighted by Crippen LogP contribution is -2.00. The molecular weight excluding hydrogens is 661 g/mol. The lowest BCUT2D eigenvalue weighted by molar-refractivity contribution is 0.669. The minimum absolute atomic E-state index is 0.571. The normalized spacial score (nSPS) is 11.7. The van der Waals surface area contributed by atoms with E-state index in [2.05, 4.69) is 126 Å². The van der Waals surface area contributed by atoms with Crippen molar-refractivity contribution in [1.82, 2.24) is 19.5 Å². The van der Waals surface area contributed by atoms with Gasteiger partial charge in [-0.05, 0) is 58.3 Å². The first-order chi connectivity index (χ1) is 26.8. The summed E-state index contributed by atoms with van der Waals surface area (Å²) in [6.07, 6.45) is 0. The van der Waals surface area contributed by atoms with Gasteiger partial charge in [0, 0.05) is 38.4 Å². The molecule has 0 amide bonds. The number of nitrogens with zero attached hydrogens (tertiary/aromatic N) is 4. The molecule has 11 aromatic rings. The Morgan fingerprint density at radius 2 is 0.963 bits per heavy atom. The van der Waals surface area contributed by atoms with E-state index in [4.69, 9.17) is 19.4 Å². The van der Waals surface area contributed by atoms with Gasteiger partial charge in [-0.2, -0.15) is 0 Å². The monoisotopic (exact) mass is 690 g/mol. The molecule has 0 radical (unpaired) electrons. The standard InChI is InChI=1S/C49H30N4O/c1-2-12-34(13-3-1)47-50-48(52-49(51-47)41-18-10-17-39-38-15-7-9-20-44(38)54-46(39)41)35-23-21-31(22-24-35)32-25-28-36(29-26-32)53-42-19-8-6-16-40(42)45-37-14-5-4-11-33(37)27-30-43(45)53/h1-30H. The van der Waals surface area contributed by atoms with Crippen LogP contribution in [0.25, 0.3) is 105 Å². The molecule has 3 aromatic heterocycles. The molecule has 0 bridgehead atoms. The second-order valence-electron chi connectivity index (χ2n) is 13.6. The van der Waals surface area contributed by atoms with Crippen molar-refractivity contribution in [3.63, 3.8) is 0 Å². The highest BCUT2D eigenvalue weighted by atomic mass is 16.3. The second kappa shape index (κ2) is 12.1. The van der Waals surface area contributed by atoms with Crippen molar-refractivity contribution in [2.24, 2.45) is 0 Å². The summed E-state index contributed by atoms with van der Waals surface area (Å²) in [5, 5.41) is 7.17. The quantitative estimate of drug-likeness (QED) is 0.180. The molecular formula is C49H30N4O. The van der Waals surface area contributed by atoms with Crippen molar-refractivity contribution in [3.8, 4) is 51.0 Å². The van der Waals surface area contributed by atoms with Gasteiger partial charge in [0.1, 0.15) is 11.2 Å². The van der Waals surface area contributed by atoms with Gasteiger partial charge in [0.2, 0.25) is 0 Å². The Hall–Kier alpha value is -7.37. The van der Waals surface area contributed by atoms with Crippen LogP contribution in [0.4, 0.5) is 0 Å². The first-order valence-electron chi connectivity index (χ1n) is 18.1. The molecule has 8 aromatic carbocycles. The van der Waals surface area contributed by atoms with Crippen LogP contribution < -0.4 is 0 Å². The first-order valence-corrected chi connectivity index (χ1v) is 18.1. The summed E-state index contributed by atoms with van der Waals surface area (Å²) in [6, 6.07) is 63.4. The van der Waals surface area contributed by atoms with Gasteiger partial charge in [0.15, 0.2) is 17.5 Å². The average molecular weight is 691 g/mol. The predicted octanol–water partition coefficient (Wildman–Crippen LogP) is 12.7. The molecule has 0 saturated heterocycles. The molecule has 54 heavy (non-hydrogen) atoms. The lowest BCUT2D eigenvalue weighted by atomic mass is 10.0. The number of rotatable bonds is 5. The molecule has 0 aliphatic carbocycles. The molecule has 252 valence electrons. The Kier molecular flexibility index (Phi) is 6.79. The van der Waals surface area contributed by atoms with Crippen LogP contribution >= 0.6 is 0 Å². The van der Waals surface area contributed by atoms with E-state index in [1.165, 1.54) is 32.6 Å². The lowest BCUT2D eigenvalue weighted by Gasteiger charge is -2.11. The summed E-state index contributed by atoms with van der Waals surface area (Å²) < 4.78 is 8.76. The molecule has 0 atom stereocenters. The molecule has 0 saturated carbocycles. The van der Waals surface area contributed by atoms with Crippen LogP contribution in [0.1, 0.15) is 0 Å². The number of fused-ring (bicyclic) bond motifs is 8. The molecule has 11 rings (SSSR count). The third kappa shape index (κ3) is 4.83. The molecule has 3 heterocycles. The maximum absolute atomic E-state index is 6.38. The number of para-hydroxylation sites is 3. The Labute approximate surface area is 310 Å². The fourth-order valence-electron chi connectivity index (χ4n) is 7.90. The number of aromatic nitrogens is 4. The van der Waals surface area contributed by atoms with Crippen LogP contribution in [-0.4, -0.2) is 19.5 Å². The van der Waals surface area contributed by atoms with E-state index >= 15 is 0 Å². The van der Waals surface area contributed by atoms with E-state index in [9.17, 15) is 0 Å². The third-order valence-electron chi connectivity index (χ3n) is 10.5. The van der Waals surface area contributed by atoms with Gasteiger partial charge in [-0.25, -0.2) is 15.0 Å². The van der Waals surface area contributed by atoms with Gasteiger partial charge < -0.3 is 8.98 Å². The van der Waals surface area contributed by atoms with Crippen molar-refractivity contribution in [2.45, 2.75) is 0 Å². The third-order valence-corrected chi connectivity index (χ3v) is 10.5. The van der Waals surface area contributed by atoms with Crippen LogP contribution in [-0.2, 0) is 0 Å². The first kappa shape index (κ1) is 30.3. The van der Waals surface area contributed by atoms with Gasteiger partial charge in [0.25, 0.3) is 0 Å². The van der Waals surface area contributed by atoms with Crippen LogP contribution in [0.2, 0.25) is 0 Å². The largest absolute Gasteiger partial charge is 0.455 e. The van der Waals surface area contributed by atoms with Gasteiger partial charge in [-0.1, -0.05) is 146 Å². The second-order valence-corrected chi connectivity index (χ2v) is 13.6. The fraction of sp³-hybridized carbons (Fsp3) is 0. The molecule has 0 spiro atoms. The minimum Gasteiger partial charge on any atom is -0.455 e. The summed E-state index contributed by atoms with van der Waals surface area (Å²) in [5.74, 6) is 1.79.